The van der Waals surface area contributed by atoms with Crippen LogP contribution in [0.4, 0.5) is 5.69 Å². The number of rotatable bonds is 4. The molecule has 0 fully saturated rings. The number of aromatic nitrogens is 1. The van der Waals surface area contributed by atoms with Crippen LogP contribution in [0.15, 0.2) is 77.6 Å². The molecule has 1 amide bonds. The number of pyridine rings is 1. The summed E-state index contributed by atoms with van der Waals surface area (Å²) < 4.78 is 0. The average molecular weight is 422 g/mol. The molecule has 5 rings (SSSR count). The summed E-state index contributed by atoms with van der Waals surface area (Å²) in [6.45, 7) is 0. The molecule has 2 N–H and O–H groups in total. The predicted molar refractivity (Wildman–Crippen MR) is 125 cm³/mol. The Hall–Kier alpha value is -3.99. The fourth-order valence-corrected chi connectivity index (χ4v) is 4.46. The van der Waals surface area contributed by atoms with Gasteiger partial charge in [-0.1, -0.05) is 54.6 Å². The van der Waals surface area contributed by atoms with Crippen LogP contribution in [0.1, 0.15) is 50.2 Å². The zero-order chi connectivity index (χ0) is 22.1. The highest BCUT2D eigenvalue weighted by atomic mass is 16.2. The normalized spacial score (nSPS) is 12.9. The van der Waals surface area contributed by atoms with E-state index in [4.69, 9.17) is 0 Å². The van der Waals surface area contributed by atoms with Crippen molar-refractivity contribution in [3.63, 3.8) is 0 Å². The molecule has 0 radical (unpaired) electrons. The molecule has 3 aromatic carbocycles. The maximum atomic E-state index is 13.1. The second-order valence-corrected chi connectivity index (χ2v) is 8.07. The lowest BCUT2D eigenvalue weighted by molar-refractivity contribution is 0.0996. The average Bonchev–Trinajstić information content (AvgIpc) is 2.84. The van der Waals surface area contributed by atoms with E-state index in [0.29, 0.717) is 27.9 Å². The summed E-state index contributed by atoms with van der Waals surface area (Å²) in [6, 6.07) is 21.3. The monoisotopic (exact) mass is 422 g/mol. The lowest BCUT2D eigenvalue weighted by Crippen LogP contribution is -2.20. The van der Waals surface area contributed by atoms with E-state index in [2.05, 4.69) is 10.3 Å². The fraction of sp³-hybridized carbons (Fsp3) is 0.148. The number of H-pyrrole nitrogens is 1. The van der Waals surface area contributed by atoms with Crippen LogP contribution in [0.5, 0.6) is 0 Å². The molecular weight excluding hydrogens is 400 g/mol. The van der Waals surface area contributed by atoms with E-state index in [-0.39, 0.29) is 17.2 Å². The van der Waals surface area contributed by atoms with Gasteiger partial charge in [-0.05, 0) is 49.4 Å². The first kappa shape index (κ1) is 19.9. The SMILES string of the molecule is O=C(Nc1ccc2c3c(c(=O)[nH]c2c1)CCCC3)c1ccccc1C(=O)c1ccccc1. The highest BCUT2D eigenvalue weighted by Gasteiger charge is 2.19. The Morgan fingerprint density at radius 3 is 2.25 bits per heavy atom. The third-order valence-corrected chi connectivity index (χ3v) is 6.04. The van der Waals surface area contributed by atoms with Crippen molar-refractivity contribution in [3.8, 4) is 0 Å². The Morgan fingerprint density at radius 1 is 0.781 bits per heavy atom. The van der Waals surface area contributed by atoms with Gasteiger partial charge in [0.25, 0.3) is 11.5 Å². The van der Waals surface area contributed by atoms with E-state index in [9.17, 15) is 14.4 Å². The minimum absolute atomic E-state index is 0.0468. The smallest absolute Gasteiger partial charge is 0.256 e. The number of aryl methyl sites for hydroxylation is 1. The summed E-state index contributed by atoms with van der Waals surface area (Å²) in [4.78, 5) is 41.5. The van der Waals surface area contributed by atoms with Crippen molar-refractivity contribution >= 4 is 28.3 Å². The second-order valence-electron chi connectivity index (χ2n) is 8.07. The van der Waals surface area contributed by atoms with Crippen molar-refractivity contribution < 1.29 is 9.59 Å². The quantitative estimate of drug-likeness (QED) is 0.460. The van der Waals surface area contributed by atoms with Gasteiger partial charge in [0.1, 0.15) is 0 Å². The predicted octanol–water partition coefficient (Wildman–Crippen LogP) is 4.89. The van der Waals surface area contributed by atoms with Crippen LogP contribution in [0, 0.1) is 0 Å². The number of amides is 1. The Bertz CT molecular complexity index is 1400. The first-order valence-corrected chi connectivity index (χ1v) is 10.8. The van der Waals surface area contributed by atoms with Gasteiger partial charge >= 0.3 is 0 Å². The lowest BCUT2D eigenvalue weighted by atomic mass is 9.90. The number of benzene rings is 3. The number of hydrogen-bond acceptors (Lipinski definition) is 3. The number of fused-ring (bicyclic) bond motifs is 3. The van der Waals surface area contributed by atoms with Crippen molar-refractivity contribution in [1.29, 1.82) is 0 Å². The summed E-state index contributed by atoms with van der Waals surface area (Å²) >= 11 is 0. The van der Waals surface area contributed by atoms with Crippen LogP contribution >= 0.6 is 0 Å². The Balaban J connectivity index is 1.47. The molecule has 1 aliphatic rings. The van der Waals surface area contributed by atoms with Crippen LogP contribution < -0.4 is 10.9 Å². The van der Waals surface area contributed by atoms with Gasteiger partial charge in [-0.25, -0.2) is 0 Å². The van der Waals surface area contributed by atoms with Gasteiger partial charge in [0.05, 0.1) is 11.1 Å². The highest BCUT2D eigenvalue weighted by Crippen LogP contribution is 2.27. The third-order valence-electron chi connectivity index (χ3n) is 6.04. The zero-order valence-electron chi connectivity index (χ0n) is 17.5. The number of aromatic amines is 1. The number of carbonyl (C=O) groups is 2. The lowest BCUT2D eigenvalue weighted by Gasteiger charge is -2.17. The van der Waals surface area contributed by atoms with Crippen molar-refractivity contribution in [2.24, 2.45) is 0 Å². The van der Waals surface area contributed by atoms with Gasteiger partial charge in [-0.2, -0.15) is 0 Å². The Labute approximate surface area is 185 Å². The maximum Gasteiger partial charge on any atom is 0.256 e. The number of nitrogens with one attached hydrogen (secondary N) is 2. The zero-order valence-corrected chi connectivity index (χ0v) is 17.5. The summed E-state index contributed by atoms with van der Waals surface area (Å²) in [6.07, 6.45) is 3.83. The fourth-order valence-electron chi connectivity index (χ4n) is 4.46. The maximum absolute atomic E-state index is 13.1. The van der Waals surface area contributed by atoms with Crippen LogP contribution in [0.25, 0.3) is 10.9 Å². The van der Waals surface area contributed by atoms with Gasteiger partial charge in [-0.3, -0.25) is 14.4 Å². The van der Waals surface area contributed by atoms with E-state index in [1.165, 1.54) is 0 Å². The van der Waals surface area contributed by atoms with E-state index in [1.54, 1.807) is 54.6 Å². The van der Waals surface area contributed by atoms with Crippen molar-refractivity contribution in [3.05, 3.63) is 111 Å². The van der Waals surface area contributed by atoms with E-state index >= 15 is 0 Å². The molecule has 1 heterocycles. The minimum Gasteiger partial charge on any atom is -0.322 e. The highest BCUT2D eigenvalue weighted by molar-refractivity contribution is 6.17. The standard InChI is InChI=1S/C27H22N2O3/c30-25(17-8-2-1-3-9-17)21-11-5-7-13-23(21)26(31)28-18-14-15-20-19-10-4-6-12-22(19)27(32)29-24(20)16-18/h1-3,5,7-9,11,13-16H,4,6,10,12H2,(H,28,31)(H,29,32). The molecule has 0 saturated carbocycles. The van der Waals surface area contributed by atoms with Gasteiger partial charge < -0.3 is 10.3 Å². The number of ketones is 1. The summed E-state index contributed by atoms with van der Waals surface area (Å²) in [5.74, 6) is -0.574. The molecule has 32 heavy (non-hydrogen) atoms. The first-order valence-electron chi connectivity index (χ1n) is 10.8. The van der Waals surface area contributed by atoms with Gasteiger partial charge in [-0.15, -0.1) is 0 Å². The van der Waals surface area contributed by atoms with E-state index in [1.807, 2.05) is 18.2 Å². The molecule has 0 spiro atoms. The summed E-state index contributed by atoms with van der Waals surface area (Å²) in [7, 11) is 0. The molecule has 0 saturated heterocycles. The van der Waals surface area contributed by atoms with Crippen LogP contribution in [0.3, 0.4) is 0 Å². The largest absolute Gasteiger partial charge is 0.322 e. The molecule has 0 aliphatic heterocycles. The Kier molecular flexibility index (Phi) is 5.15. The molecule has 5 heteroatoms. The summed E-state index contributed by atoms with van der Waals surface area (Å²) in [5.41, 5.74) is 4.41. The number of anilines is 1. The van der Waals surface area contributed by atoms with Crippen molar-refractivity contribution in [1.82, 2.24) is 4.98 Å². The molecule has 0 unspecified atom stereocenters. The molecule has 0 bridgehead atoms. The van der Waals surface area contributed by atoms with Crippen molar-refractivity contribution in [2.45, 2.75) is 25.7 Å². The number of hydrogen-bond donors (Lipinski definition) is 2. The minimum atomic E-state index is -0.371. The molecular formula is C27H22N2O3. The van der Waals surface area contributed by atoms with Gasteiger partial charge in [0.2, 0.25) is 0 Å². The topological polar surface area (TPSA) is 79.0 Å². The first-order chi connectivity index (χ1) is 15.6. The van der Waals surface area contributed by atoms with Crippen LogP contribution in [-0.2, 0) is 12.8 Å². The van der Waals surface area contributed by atoms with Crippen LogP contribution in [-0.4, -0.2) is 16.7 Å². The van der Waals surface area contributed by atoms with Crippen LogP contribution in [0.2, 0.25) is 0 Å². The second kappa shape index (κ2) is 8.27. The molecule has 1 aromatic heterocycles. The third kappa shape index (κ3) is 3.62. The molecule has 1 aliphatic carbocycles. The molecule has 158 valence electrons. The summed E-state index contributed by atoms with van der Waals surface area (Å²) in [5, 5.41) is 3.91. The van der Waals surface area contributed by atoms with Gasteiger partial charge in [0.15, 0.2) is 5.78 Å². The Morgan fingerprint density at radius 2 is 1.47 bits per heavy atom. The number of carbonyl (C=O) groups excluding carboxylic acids is 2. The van der Waals surface area contributed by atoms with E-state index < -0.39 is 0 Å². The molecule has 0 atom stereocenters. The van der Waals surface area contributed by atoms with Gasteiger partial charge in [0, 0.05) is 27.8 Å². The van der Waals surface area contributed by atoms with Crippen molar-refractivity contribution in [2.75, 3.05) is 5.32 Å². The molecule has 5 nitrogen and oxygen atoms in total. The van der Waals surface area contributed by atoms with E-state index in [0.717, 1.165) is 42.2 Å². The molecule has 4 aromatic rings.